The summed E-state index contributed by atoms with van der Waals surface area (Å²) < 4.78 is 29.3. The fourth-order valence-corrected chi connectivity index (χ4v) is 3.16. The lowest BCUT2D eigenvalue weighted by Gasteiger charge is -2.11. The summed E-state index contributed by atoms with van der Waals surface area (Å²) in [4.78, 5) is 25.5. The molecule has 7 nitrogen and oxygen atoms in total. The Bertz CT molecular complexity index is 411. The lowest BCUT2D eigenvalue weighted by atomic mass is 10.3. The van der Waals surface area contributed by atoms with Gasteiger partial charge in [-0.15, -0.1) is 0 Å². The number of hydrogen-bond donors (Lipinski definition) is 3. The van der Waals surface area contributed by atoms with Crippen LogP contribution < -0.4 is 0 Å². The van der Waals surface area contributed by atoms with Crippen molar-refractivity contribution in [2.75, 3.05) is 6.61 Å². The first-order valence-corrected chi connectivity index (χ1v) is 8.01. The average Bonchev–Trinajstić information content (AvgIpc) is 2.51. The van der Waals surface area contributed by atoms with Crippen LogP contribution in [0.4, 0.5) is 0 Å². The summed E-state index contributed by atoms with van der Waals surface area (Å²) >= 11 is 1.46. The van der Waals surface area contributed by atoms with Crippen LogP contribution in [-0.2, 0) is 24.4 Å². The molecule has 0 aromatic carbocycles. The fourth-order valence-electron chi connectivity index (χ4n) is 0.872. The second kappa shape index (κ2) is 5.53. The Balaban J connectivity index is 2.37. The Kier molecular flexibility index (Phi) is 4.85. The van der Waals surface area contributed by atoms with Crippen molar-refractivity contribution < 1.29 is 32.6 Å². The molecule has 0 aliphatic rings. The fraction of sp³-hybridized carbons (Fsp3) is 0.333. The highest BCUT2D eigenvalue weighted by Crippen LogP contribution is 2.57. The van der Waals surface area contributed by atoms with Gasteiger partial charge >= 0.3 is 15.6 Å². The molecule has 16 heavy (non-hydrogen) atoms. The maximum atomic E-state index is 11.0. The molecule has 0 fully saturated rings. The maximum Gasteiger partial charge on any atom is 0.481 e. The molecule has 1 rings (SSSR count). The van der Waals surface area contributed by atoms with Crippen LogP contribution in [0.1, 0.15) is 5.56 Å². The zero-order valence-corrected chi connectivity index (χ0v) is 10.5. The van der Waals surface area contributed by atoms with E-state index in [1.165, 1.54) is 11.3 Å². The molecule has 1 heterocycles. The van der Waals surface area contributed by atoms with Crippen LogP contribution in [0.3, 0.4) is 0 Å². The molecule has 1 unspecified atom stereocenters. The number of thiophene rings is 1. The smallest absolute Gasteiger partial charge is 0.302 e. The van der Waals surface area contributed by atoms with E-state index in [9.17, 15) is 9.13 Å². The molecular formula is C6H10O7P2S. The highest BCUT2D eigenvalue weighted by atomic mass is 32.1. The van der Waals surface area contributed by atoms with Gasteiger partial charge in [0, 0.05) is 0 Å². The molecule has 0 aliphatic carbocycles. The van der Waals surface area contributed by atoms with Gasteiger partial charge in [-0.25, -0.2) is 9.13 Å². The number of phosphoric acid groups is 2. The monoisotopic (exact) mass is 288 g/mol. The molecule has 1 aromatic rings. The third kappa shape index (κ3) is 5.89. The minimum Gasteiger partial charge on any atom is -0.302 e. The highest BCUT2D eigenvalue weighted by molar-refractivity contribution is 7.60. The molecule has 92 valence electrons. The van der Waals surface area contributed by atoms with E-state index in [1.54, 1.807) is 6.07 Å². The second-order valence-electron chi connectivity index (χ2n) is 2.76. The minimum atomic E-state index is -5.02. The first-order valence-electron chi connectivity index (χ1n) is 4.04. The Labute approximate surface area is 95.5 Å². The van der Waals surface area contributed by atoms with E-state index in [1.807, 2.05) is 10.8 Å². The van der Waals surface area contributed by atoms with Crippen molar-refractivity contribution >= 4 is 27.0 Å². The van der Waals surface area contributed by atoms with Gasteiger partial charge in [-0.1, -0.05) is 0 Å². The van der Waals surface area contributed by atoms with E-state index >= 15 is 0 Å². The Hall–Kier alpha value is -0.0400. The molecule has 1 aromatic heterocycles. The molecule has 0 bridgehead atoms. The van der Waals surface area contributed by atoms with Crippen LogP contribution in [0.2, 0.25) is 0 Å². The summed E-state index contributed by atoms with van der Waals surface area (Å²) in [5, 5.41) is 3.66. The molecule has 1 atom stereocenters. The minimum absolute atomic E-state index is 0.162. The molecule has 0 aliphatic heterocycles. The summed E-state index contributed by atoms with van der Waals surface area (Å²) in [5.74, 6) is 0. The van der Waals surface area contributed by atoms with E-state index in [2.05, 4.69) is 8.83 Å². The molecule has 0 saturated heterocycles. The Morgan fingerprint density at radius 2 is 2.00 bits per heavy atom. The van der Waals surface area contributed by atoms with Crippen LogP contribution >= 0.6 is 27.0 Å². The van der Waals surface area contributed by atoms with Crippen molar-refractivity contribution in [3.05, 3.63) is 22.4 Å². The SMILES string of the molecule is O=P(O)(O)OP(=O)(O)OCCc1ccsc1. The predicted molar refractivity (Wildman–Crippen MR) is 56.9 cm³/mol. The van der Waals surface area contributed by atoms with Crippen LogP contribution in [-0.4, -0.2) is 21.3 Å². The van der Waals surface area contributed by atoms with Gasteiger partial charge in [0.25, 0.3) is 0 Å². The highest BCUT2D eigenvalue weighted by Gasteiger charge is 2.31. The first-order chi connectivity index (χ1) is 7.29. The van der Waals surface area contributed by atoms with Gasteiger partial charge < -0.3 is 14.7 Å². The van der Waals surface area contributed by atoms with Crippen molar-refractivity contribution in [1.82, 2.24) is 0 Å². The van der Waals surface area contributed by atoms with Gasteiger partial charge in [-0.3, -0.25) is 4.52 Å². The van der Waals surface area contributed by atoms with Gasteiger partial charge in [-0.05, 0) is 28.8 Å². The lowest BCUT2D eigenvalue weighted by molar-refractivity contribution is 0.180. The lowest BCUT2D eigenvalue weighted by Crippen LogP contribution is -1.98. The molecule has 0 saturated carbocycles. The summed E-state index contributed by atoms with van der Waals surface area (Å²) in [7, 11) is -9.72. The van der Waals surface area contributed by atoms with Crippen molar-refractivity contribution in [3.8, 4) is 0 Å². The topological polar surface area (TPSA) is 113 Å². The van der Waals surface area contributed by atoms with Gasteiger partial charge in [0.15, 0.2) is 0 Å². The maximum absolute atomic E-state index is 11.0. The first kappa shape index (κ1) is 14.0. The molecule has 10 heteroatoms. The molecule has 0 radical (unpaired) electrons. The predicted octanol–water partition coefficient (Wildman–Crippen LogP) is 1.52. The van der Waals surface area contributed by atoms with Crippen molar-refractivity contribution in [1.29, 1.82) is 0 Å². The average molecular weight is 288 g/mol. The Morgan fingerprint density at radius 1 is 1.31 bits per heavy atom. The van der Waals surface area contributed by atoms with E-state index in [0.29, 0.717) is 6.42 Å². The van der Waals surface area contributed by atoms with Crippen molar-refractivity contribution in [2.45, 2.75) is 6.42 Å². The molecule has 3 N–H and O–H groups in total. The standard InChI is InChI=1S/C6H10O7P2S/c7-14(8,9)13-15(10,11)12-3-1-6-2-4-16-5-6/h2,4-5H,1,3H2,(H,10,11)(H2,7,8,9). The van der Waals surface area contributed by atoms with E-state index < -0.39 is 15.6 Å². The molecular weight excluding hydrogens is 278 g/mol. The largest absolute Gasteiger partial charge is 0.481 e. The van der Waals surface area contributed by atoms with Gasteiger partial charge in [0.1, 0.15) is 0 Å². The number of hydrogen-bond acceptors (Lipinski definition) is 5. The number of rotatable bonds is 6. The Morgan fingerprint density at radius 3 is 2.50 bits per heavy atom. The third-order valence-electron chi connectivity index (χ3n) is 1.43. The van der Waals surface area contributed by atoms with Crippen LogP contribution in [0.5, 0.6) is 0 Å². The normalized spacial score (nSPS) is 15.9. The van der Waals surface area contributed by atoms with Crippen molar-refractivity contribution in [3.63, 3.8) is 0 Å². The van der Waals surface area contributed by atoms with Crippen LogP contribution in [0.15, 0.2) is 16.8 Å². The molecule has 0 amide bonds. The number of phosphoric ester groups is 1. The zero-order valence-electron chi connectivity index (χ0n) is 7.92. The van der Waals surface area contributed by atoms with Gasteiger partial charge in [0.05, 0.1) is 6.61 Å². The van der Waals surface area contributed by atoms with Crippen LogP contribution in [0, 0.1) is 0 Å². The van der Waals surface area contributed by atoms with Crippen LogP contribution in [0.25, 0.3) is 0 Å². The summed E-state index contributed by atoms with van der Waals surface area (Å²) in [5.41, 5.74) is 0.904. The summed E-state index contributed by atoms with van der Waals surface area (Å²) in [6.45, 7) is -0.162. The van der Waals surface area contributed by atoms with E-state index in [-0.39, 0.29) is 6.61 Å². The summed E-state index contributed by atoms with van der Waals surface area (Å²) in [6.07, 6.45) is 0.360. The summed E-state index contributed by atoms with van der Waals surface area (Å²) in [6, 6.07) is 1.81. The van der Waals surface area contributed by atoms with E-state index in [0.717, 1.165) is 5.56 Å². The second-order valence-corrected chi connectivity index (χ2v) is 6.37. The zero-order chi connectivity index (χ0) is 12.2. The third-order valence-corrected chi connectivity index (χ3v) is 4.35. The van der Waals surface area contributed by atoms with E-state index in [4.69, 9.17) is 14.7 Å². The van der Waals surface area contributed by atoms with Crippen molar-refractivity contribution in [2.24, 2.45) is 0 Å². The van der Waals surface area contributed by atoms with Gasteiger partial charge in [-0.2, -0.15) is 15.6 Å². The van der Waals surface area contributed by atoms with Gasteiger partial charge in [0.2, 0.25) is 0 Å². The quantitative estimate of drug-likeness (QED) is 0.680. The molecule has 0 spiro atoms.